The topological polar surface area (TPSA) is 93.5 Å². The zero-order valence-electron chi connectivity index (χ0n) is 15.6. The van der Waals surface area contributed by atoms with E-state index in [-0.39, 0.29) is 10.8 Å². The minimum atomic E-state index is -0.470. The van der Waals surface area contributed by atoms with E-state index in [4.69, 9.17) is 17.0 Å². The highest BCUT2D eigenvalue weighted by molar-refractivity contribution is 9.10. The number of nitrogens with one attached hydrogen (secondary N) is 2. The van der Waals surface area contributed by atoms with Gasteiger partial charge in [-0.2, -0.15) is 0 Å². The first-order valence-electron chi connectivity index (χ1n) is 8.47. The second-order valence-electron chi connectivity index (χ2n) is 6.51. The highest BCUT2D eigenvalue weighted by atomic mass is 79.9. The number of nitrogens with zero attached hydrogens (tertiary/aromatic N) is 1. The quantitative estimate of drug-likeness (QED) is 0.360. The monoisotopic (exact) mass is 465 g/mol. The van der Waals surface area contributed by atoms with Gasteiger partial charge in [0, 0.05) is 21.8 Å². The number of nitro benzene ring substituents is 1. The van der Waals surface area contributed by atoms with Crippen molar-refractivity contribution in [3.63, 3.8) is 0 Å². The maximum absolute atomic E-state index is 12.6. The van der Waals surface area contributed by atoms with Gasteiger partial charge in [-0.3, -0.25) is 20.2 Å². The predicted octanol–water partition coefficient (Wildman–Crippen LogP) is 4.83. The van der Waals surface area contributed by atoms with Crippen molar-refractivity contribution in [1.29, 1.82) is 0 Å². The standard InChI is InChI=1S/C19H20BrN3O4S/c1-11(2)10-27-17-7-5-13(20)8-15(17)18(24)22-19(28)21-14-6-4-12(3)16(9-14)23(25)26/h4-9,11H,10H2,1-3H3,(H2,21,22,24,28). The van der Waals surface area contributed by atoms with Gasteiger partial charge in [-0.05, 0) is 49.3 Å². The Morgan fingerprint density at radius 1 is 1.29 bits per heavy atom. The van der Waals surface area contributed by atoms with Gasteiger partial charge in [0.2, 0.25) is 0 Å². The van der Waals surface area contributed by atoms with Crippen molar-refractivity contribution in [3.05, 3.63) is 62.1 Å². The Bertz CT molecular complexity index is 918. The predicted molar refractivity (Wildman–Crippen MR) is 116 cm³/mol. The van der Waals surface area contributed by atoms with E-state index >= 15 is 0 Å². The van der Waals surface area contributed by atoms with Crippen LogP contribution in [0.25, 0.3) is 0 Å². The van der Waals surface area contributed by atoms with E-state index in [0.717, 1.165) is 4.47 Å². The molecule has 1 amide bonds. The molecule has 0 aliphatic rings. The molecule has 2 rings (SSSR count). The van der Waals surface area contributed by atoms with Gasteiger partial charge in [0.25, 0.3) is 11.6 Å². The number of hydrogen-bond acceptors (Lipinski definition) is 5. The van der Waals surface area contributed by atoms with Crippen LogP contribution >= 0.6 is 28.1 Å². The first-order chi connectivity index (χ1) is 13.2. The minimum absolute atomic E-state index is 0.0259. The number of anilines is 1. The van der Waals surface area contributed by atoms with Crippen LogP contribution in [0.4, 0.5) is 11.4 Å². The molecule has 2 aromatic rings. The number of nitro groups is 1. The molecule has 0 fully saturated rings. The lowest BCUT2D eigenvalue weighted by atomic mass is 10.2. The van der Waals surface area contributed by atoms with Gasteiger partial charge in [0.1, 0.15) is 5.75 Å². The number of halogens is 1. The maximum Gasteiger partial charge on any atom is 0.274 e. The van der Waals surface area contributed by atoms with Crippen molar-refractivity contribution < 1.29 is 14.5 Å². The molecule has 0 unspecified atom stereocenters. The molecule has 0 atom stereocenters. The number of ether oxygens (including phenoxy) is 1. The summed E-state index contributed by atoms with van der Waals surface area (Å²) in [4.78, 5) is 23.2. The third-order valence-electron chi connectivity index (χ3n) is 3.65. The van der Waals surface area contributed by atoms with E-state index in [1.807, 2.05) is 13.8 Å². The molecule has 0 saturated heterocycles. The van der Waals surface area contributed by atoms with E-state index < -0.39 is 10.8 Å². The van der Waals surface area contributed by atoms with E-state index in [1.165, 1.54) is 6.07 Å². The summed E-state index contributed by atoms with van der Waals surface area (Å²) in [7, 11) is 0. The Hall–Kier alpha value is -2.52. The molecule has 0 aliphatic carbocycles. The van der Waals surface area contributed by atoms with Gasteiger partial charge in [-0.15, -0.1) is 0 Å². The van der Waals surface area contributed by atoms with Crippen LogP contribution in [0.3, 0.4) is 0 Å². The fraction of sp³-hybridized carbons (Fsp3) is 0.263. The van der Waals surface area contributed by atoms with Crippen LogP contribution in [0.15, 0.2) is 40.9 Å². The molecule has 28 heavy (non-hydrogen) atoms. The highest BCUT2D eigenvalue weighted by Crippen LogP contribution is 2.24. The first-order valence-corrected chi connectivity index (χ1v) is 9.67. The Labute approximate surface area is 176 Å². The van der Waals surface area contributed by atoms with Gasteiger partial charge >= 0.3 is 0 Å². The number of benzene rings is 2. The van der Waals surface area contributed by atoms with Crippen molar-refractivity contribution in [1.82, 2.24) is 5.32 Å². The fourth-order valence-corrected chi connectivity index (χ4v) is 2.85. The summed E-state index contributed by atoms with van der Waals surface area (Å²) >= 11 is 8.52. The second kappa shape index (κ2) is 9.61. The average molecular weight is 466 g/mol. The van der Waals surface area contributed by atoms with Gasteiger partial charge in [-0.1, -0.05) is 35.8 Å². The molecule has 2 aromatic carbocycles. The molecule has 0 spiro atoms. The lowest BCUT2D eigenvalue weighted by Gasteiger charge is -2.14. The lowest BCUT2D eigenvalue weighted by Crippen LogP contribution is -2.34. The van der Waals surface area contributed by atoms with E-state index in [1.54, 1.807) is 37.3 Å². The zero-order chi connectivity index (χ0) is 20.8. The van der Waals surface area contributed by atoms with Gasteiger partial charge in [-0.25, -0.2) is 0 Å². The lowest BCUT2D eigenvalue weighted by molar-refractivity contribution is -0.385. The molecule has 0 heterocycles. The Kier molecular flexibility index (Phi) is 7.47. The van der Waals surface area contributed by atoms with E-state index in [9.17, 15) is 14.9 Å². The van der Waals surface area contributed by atoms with Crippen LogP contribution in [0, 0.1) is 23.0 Å². The molecule has 2 N–H and O–H groups in total. The summed E-state index contributed by atoms with van der Waals surface area (Å²) in [6.45, 7) is 6.14. The molecule has 9 heteroatoms. The molecule has 148 valence electrons. The Balaban J connectivity index is 2.12. The third kappa shape index (κ3) is 6.00. The van der Waals surface area contributed by atoms with Crippen LogP contribution < -0.4 is 15.4 Å². The molecule has 7 nitrogen and oxygen atoms in total. The van der Waals surface area contributed by atoms with Crippen molar-refractivity contribution in [2.75, 3.05) is 11.9 Å². The SMILES string of the molecule is Cc1ccc(NC(=S)NC(=O)c2cc(Br)ccc2OCC(C)C)cc1[N+](=O)[O-]. The number of rotatable bonds is 6. The molecule has 0 aliphatic heterocycles. The van der Waals surface area contributed by atoms with Gasteiger partial charge < -0.3 is 10.1 Å². The molecule has 0 saturated carbocycles. The van der Waals surface area contributed by atoms with Crippen molar-refractivity contribution in [2.24, 2.45) is 5.92 Å². The Morgan fingerprint density at radius 3 is 2.64 bits per heavy atom. The second-order valence-corrected chi connectivity index (χ2v) is 7.84. The molecular formula is C19H20BrN3O4S. The van der Waals surface area contributed by atoms with Crippen LogP contribution in [0.1, 0.15) is 29.8 Å². The number of hydrogen-bond donors (Lipinski definition) is 2. The number of thiocarbonyl (C=S) groups is 1. The van der Waals surface area contributed by atoms with E-state index in [2.05, 4.69) is 26.6 Å². The van der Waals surface area contributed by atoms with Gasteiger partial charge in [0.15, 0.2) is 5.11 Å². The highest BCUT2D eigenvalue weighted by Gasteiger charge is 2.16. The smallest absolute Gasteiger partial charge is 0.274 e. The number of carbonyl (C=O) groups excluding carboxylic acids is 1. The van der Waals surface area contributed by atoms with E-state index in [0.29, 0.717) is 35.1 Å². The third-order valence-corrected chi connectivity index (χ3v) is 4.35. The van der Waals surface area contributed by atoms with Crippen LogP contribution in [0.2, 0.25) is 0 Å². The van der Waals surface area contributed by atoms with Crippen LogP contribution in [0.5, 0.6) is 5.75 Å². The van der Waals surface area contributed by atoms with Crippen molar-refractivity contribution in [2.45, 2.75) is 20.8 Å². The molecule has 0 radical (unpaired) electrons. The summed E-state index contributed by atoms with van der Waals surface area (Å²) < 4.78 is 6.43. The number of amides is 1. The molecule has 0 bridgehead atoms. The van der Waals surface area contributed by atoms with Crippen LogP contribution in [-0.4, -0.2) is 22.5 Å². The van der Waals surface area contributed by atoms with Crippen molar-refractivity contribution >= 4 is 50.5 Å². The number of carbonyl (C=O) groups is 1. The summed E-state index contributed by atoms with van der Waals surface area (Å²) in [6.07, 6.45) is 0. The normalized spacial score (nSPS) is 10.5. The average Bonchev–Trinajstić information content (AvgIpc) is 2.61. The summed E-state index contributed by atoms with van der Waals surface area (Å²) in [5.74, 6) is 0.307. The fourth-order valence-electron chi connectivity index (χ4n) is 2.28. The minimum Gasteiger partial charge on any atom is -0.492 e. The molecular weight excluding hydrogens is 446 g/mol. The Morgan fingerprint density at radius 2 is 2.00 bits per heavy atom. The largest absolute Gasteiger partial charge is 0.492 e. The molecule has 0 aromatic heterocycles. The van der Waals surface area contributed by atoms with Crippen LogP contribution in [-0.2, 0) is 0 Å². The first kappa shape index (κ1) is 21.8. The summed E-state index contributed by atoms with van der Waals surface area (Å²) in [5, 5.41) is 16.4. The summed E-state index contributed by atoms with van der Waals surface area (Å²) in [6, 6.07) is 9.76. The van der Waals surface area contributed by atoms with Crippen molar-refractivity contribution in [3.8, 4) is 5.75 Å². The zero-order valence-corrected chi connectivity index (χ0v) is 18.0. The maximum atomic E-state index is 12.6. The number of aryl methyl sites for hydroxylation is 1. The van der Waals surface area contributed by atoms with Gasteiger partial charge in [0.05, 0.1) is 17.1 Å². The summed E-state index contributed by atoms with van der Waals surface area (Å²) in [5.41, 5.74) is 1.24.